The zero-order valence-electron chi connectivity index (χ0n) is 8.62. The van der Waals surface area contributed by atoms with Gasteiger partial charge in [-0.25, -0.2) is 0 Å². The SMILES string of the molecule is CCc1c(-c2ccc(Cl)o2)nn(C)c1N. The van der Waals surface area contributed by atoms with Gasteiger partial charge < -0.3 is 10.2 Å². The van der Waals surface area contributed by atoms with Crippen LogP contribution in [0.1, 0.15) is 12.5 Å². The van der Waals surface area contributed by atoms with E-state index in [9.17, 15) is 0 Å². The number of nitrogen functional groups attached to an aromatic ring is 1. The van der Waals surface area contributed by atoms with Crippen molar-refractivity contribution in [2.45, 2.75) is 13.3 Å². The van der Waals surface area contributed by atoms with Gasteiger partial charge in [0.15, 0.2) is 11.0 Å². The Morgan fingerprint density at radius 2 is 2.27 bits per heavy atom. The van der Waals surface area contributed by atoms with Crippen LogP contribution in [0.25, 0.3) is 11.5 Å². The second-order valence-electron chi connectivity index (χ2n) is 3.29. The van der Waals surface area contributed by atoms with E-state index in [2.05, 4.69) is 5.10 Å². The largest absolute Gasteiger partial charge is 0.443 e. The number of rotatable bonds is 2. The van der Waals surface area contributed by atoms with Gasteiger partial charge >= 0.3 is 0 Å². The van der Waals surface area contributed by atoms with Crippen LogP contribution in [0.2, 0.25) is 5.22 Å². The third-order valence-corrected chi connectivity index (χ3v) is 2.56. The van der Waals surface area contributed by atoms with Crippen molar-refractivity contribution in [1.82, 2.24) is 9.78 Å². The van der Waals surface area contributed by atoms with Crippen molar-refractivity contribution >= 4 is 17.4 Å². The summed E-state index contributed by atoms with van der Waals surface area (Å²) in [5.41, 5.74) is 7.64. The molecule has 0 radical (unpaired) electrons. The van der Waals surface area contributed by atoms with E-state index in [-0.39, 0.29) is 0 Å². The predicted molar refractivity (Wildman–Crippen MR) is 59.7 cm³/mol. The normalized spacial score (nSPS) is 10.9. The van der Waals surface area contributed by atoms with Gasteiger partial charge in [0.2, 0.25) is 0 Å². The van der Waals surface area contributed by atoms with Crippen molar-refractivity contribution in [2.24, 2.45) is 7.05 Å². The van der Waals surface area contributed by atoms with E-state index in [4.69, 9.17) is 21.8 Å². The van der Waals surface area contributed by atoms with Crippen molar-refractivity contribution in [3.05, 3.63) is 22.9 Å². The van der Waals surface area contributed by atoms with Crippen molar-refractivity contribution in [3.8, 4) is 11.5 Å². The average Bonchev–Trinajstić information content (AvgIpc) is 2.73. The predicted octanol–water partition coefficient (Wildman–Crippen LogP) is 2.48. The second-order valence-corrected chi connectivity index (χ2v) is 3.67. The van der Waals surface area contributed by atoms with E-state index in [1.54, 1.807) is 16.8 Å². The van der Waals surface area contributed by atoms with Crippen molar-refractivity contribution < 1.29 is 4.42 Å². The molecule has 2 heterocycles. The Hall–Kier alpha value is -1.42. The van der Waals surface area contributed by atoms with Gasteiger partial charge in [-0.05, 0) is 30.2 Å². The summed E-state index contributed by atoms with van der Waals surface area (Å²) in [5, 5.41) is 4.66. The van der Waals surface area contributed by atoms with E-state index >= 15 is 0 Å². The first kappa shape index (κ1) is 10.1. The number of hydrogen-bond donors (Lipinski definition) is 1. The highest BCUT2D eigenvalue weighted by molar-refractivity contribution is 6.28. The molecule has 5 heteroatoms. The maximum absolute atomic E-state index is 5.88. The lowest BCUT2D eigenvalue weighted by Gasteiger charge is -1.96. The molecule has 0 spiro atoms. The molecule has 0 saturated carbocycles. The van der Waals surface area contributed by atoms with Gasteiger partial charge in [0.25, 0.3) is 0 Å². The summed E-state index contributed by atoms with van der Waals surface area (Å²) < 4.78 is 6.96. The summed E-state index contributed by atoms with van der Waals surface area (Å²) in [6, 6.07) is 3.49. The summed E-state index contributed by atoms with van der Waals surface area (Å²) in [6.45, 7) is 2.03. The van der Waals surface area contributed by atoms with Gasteiger partial charge in [-0.15, -0.1) is 0 Å². The lowest BCUT2D eigenvalue weighted by Crippen LogP contribution is -1.98. The first-order valence-corrected chi connectivity index (χ1v) is 5.08. The summed E-state index contributed by atoms with van der Waals surface area (Å²) in [5.74, 6) is 1.32. The third-order valence-electron chi connectivity index (χ3n) is 2.35. The highest BCUT2D eigenvalue weighted by atomic mass is 35.5. The smallest absolute Gasteiger partial charge is 0.194 e. The van der Waals surface area contributed by atoms with Crippen LogP contribution in [0.15, 0.2) is 16.5 Å². The molecule has 0 atom stereocenters. The molecule has 0 bridgehead atoms. The summed E-state index contributed by atoms with van der Waals surface area (Å²) in [4.78, 5) is 0. The molecule has 4 nitrogen and oxygen atoms in total. The number of halogens is 1. The second kappa shape index (κ2) is 3.62. The molecule has 2 aromatic rings. The molecular formula is C10H12ClN3O. The number of nitrogens with zero attached hydrogens (tertiary/aromatic N) is 2. The molecule has 0 aromatic carbocycles. The van der Waals surface area contributed by atoms with Gasteiger partial charge in [-0.1, -0.05) is 6.92 Å². The van der Waals surface area contributed by atoms with Crippen LogP contribution < -0.4 is 5.73 Å². The molecule has 0 unspecified atom stereocenters. The quantitative estimate of drug-likeness (QED) is 0.854. The van der Waals surface area contributed by atoms with Crippen LogP contribution in [-0.2, 0) is 13.5 Å². The molecule has 0 aliphatic heterocycles. The maximum Gasteiger partial charge on any atom is 0.194 e. The molecule has 2 aromatic heterocycles. The first-order chi connectivity index (χ1) is 7.13. The Labute approximate surface area is 92.6 Å². The Kier molecular flexibility index (Phi) is 2.44. The molecule has 0 amide bonds. The number of aryl methyl sites for hydroxylation is 1. The number of hydrogen-bond acceptors (Lipinski definition) is 3. The molecular weight excluding hydrogens is 214 g/mol. The number of anilines is 1. The minimum Gasteiger partial charge on any atom is -0.443 e. The van der Waals surface area contributed by atoms with Crippen LogP contribution in [0.3, 0.4) is 0 Å². The van der Waals surface area contributed by atoms with E-state index < -0.39 is 0 Å². The molecule has 0 aliphatic rings. The van der Waals surface area contributed by atoms with E-state index in [0.29, 0.717) is 16.8 Å². The zero-order chi connectivity index (χ0) is 11.0. The zero-order valence-corrected chi connectivity index (χ0v) is 9.38. The highest BCUT2D eigenvalue weighted by Gasteiger charge is 2.16. The lowest BCUT2D eigenvalue weighted by molar-refractivity contribution is 0.579. The van der Waals surface area contributed by atoms with Crippen LogP contribution >= 0.6 is 11.6 Å². The Balaban J connectivity index is 2.57. The molecule has 0 saturated heterocycles. The standard InChI is InChI=1S/C10H12ClN3O/c1-3-6-9(13-14(2)10(6)12)7-4-5-8(11)15-7/h4-5H,3,12H2,1-2H3. The number of furan rings is 1. The fourth-order valence-corrected chi connectivity index (χ4v) is 1.72. The summed E-state index contributed by atoms with van der Waals surface area (Å²) in [7, 11) is 1.81. The van der Waals surface area contributed by atoms with Crippen molar-refractivity contribution in [2.75, 3.05) is 5.73 Å². The van der Waals surface area contributed by atoms with Gasteiger partial charge in [-0.2, -0.15) is 5.10 Å². The molecule has 2 N–H and O–H groups in total. The van der Waals surface area contributed by atoms with E-state index in [1.807, 2.05) is 14.0 Å². The van der Waals surface area contributed by atoms with Crippen LogP contribution in [-0.4, -0.2) is 9.78 Å². The van der Waals surface area contributed by atoms with Gasteiger partial charge in [0, 0.05) is 12.6 Å². The Bertz CT molecular complexity index is 487. The van der Waals surface area contributed by atoms with Gasteiger partial charge in [-0.3, -0.25) is 4.68 Å². The molecule has 15 heavy (non-hydrogen) atoms. The van der Waals surface area contributed by atoms with E-state index in [0.717, 1.165) is 17.7 Å². The third kappa shape index (κ3) is 1.61. The minimum atomic E-state index is 0.358. The number of aromatic nitrogens is 2. The minimum absolute atomic E-state index is 0.358. The van der Waals surface area contributed by atoms with Crippen molar-refractivity contribution in [1.29, 1.82) is 0 Å². The topological polar surface area (TPSA) is 57.0 Å². The van der Waals surface area contributed by atoms with E-state index in [1.165, 1.54) is 0 Å². The lowest BCUT2D eigenvalue weighted by atomic mass is 10.1. The molecule has 2 rings (SSSR count). The molecule has 0 fully saturated rings. The maximum atomic E-state index is 5.88. The first-order valence-electron chi connectivity index (χ1n) is 4.70. The van der Waals surface area contributed by atoms with Gasteiger partial charge in [0.05, 0.1) is 0 Å². The fourth-order valence-electron chi connectivity index (χ4n) is 1.57. The Morgan fingerprint density at radius 3 is 2.80 bits per heavy atom. The molecule has 0 aliphatic carbocycles. The summed E-state index contributed by atoms with van der Waals surface area (Å²) in [6.07, 6.45) is 0.813. The fraction of sp³-hybridized carbons (Fsp3) is 0.300. The monoisotopic (exact) mass is 225 g/mol. The van der Waals surface area contributed by atoms with Crippen LogP contribution in [0.4, 0.5) is 5.82 Å². The number of nitrogens with two attached hydrogens (primary N) is 1. The highest BCUT2D eigenvalue weighted by Crippen LogP contribution is 2.29. The van der Waals surface area contributed by atoms with Gasteiger partial charge in [0.1, 0.15) is 11.5 Å². The van der Waals surface area contributed by atoms with Crippen molar-refractivity contribution in [3.63, 3.8) is 0 Å². The van der Waals surface area contributed by atoms with Crippen LogP contribution in [0.5, 0.6) is 0 Å². The summed E-state index contributed by atoms with van der Waals surface area (Å²) >= 11 is 5.72. The van der Waals surface area contributed by atoms with Crippen LogP contribution in [0, 0.1) is 0 Å². The average molecular weight is 226 g/mol. The molecule has 80 valence electrons. The Morgan fingerprint density at radius 1 is 1.53 bits per heavy atom.